The summed E-state index contributed by atoms with van der Waals surface area (Å²) in [5, 5.41) is 11.9. The Kier molecular flexibility index (Phi) is 3.28. The van der Waals surface area contributed by atoms with Crippen LogP contribution in [0.15, 0.2) is 42.5 Å². The van der Waals surface area contributed by atoms with Crippen molar-refractivity contribution in [2.45, 2.75) is 6.92 Å². The molecule has 0 aliphatic rings. The Balaban J connectivity index is 2.35. The van der Waals surface area contributed by atoms with Crippen LogP contribution < -0.4 is 5.32 Å². The van der Waals surface area contributed by atoms with Gasteiger partial charge in [0.05, 0.1) is 11.3 Å². The minimum atomic E-state index is -1.09. The lowest BCUT2D eigenvalue weighted by Gasteiger charge is -2.10. The topological polar surface area (TPSA) is 49.3 Å². The van der Waals surface area contributed by atoms with Crippen LogP contribution in [0.5, 0.6) is 0 Å². The second kappa shape index (κ2) is 4.87. The van der Waals surface area contributed by atoms with Crippen molar-refractivity contribution < 1.29 is 14.3 Å². The molecule has 18 heavy (non-hydrogen) atoms. The van der Waals surface area contributed by atoms with Gasteiger partial charge in [0, 0.05) is 5.69 Å². The minimum Gasteiger partial charge on any atom is -0.478 e. The molecule has 2 rings (SSSR count). The molecule has 0 saturated heterocycles. The smallest absolute Gasteiger partial charge is 0.337 e. The third-order valence-electron chi connectivity index (χ3n) is 2.54. The molecule has 0 radical (unpaired) electrons. The molecule has 0 amide bonds. The normalized spacial score (nSPS) is 10.1. The summed E-state index contributed by atoms with van der Waals surface area (Å²) in [6, 6.07) is 10.9. The highest BCUT2D eigenvalue weighted by molar-refractivity contribution is 5.95. The zero-order valence-corrected chi connectivity index (χ0v) is 9.77. The highest BCUT2D eigenvalue weighted by Gasteiger charge is 2.10. The van der Waals surface area contributed by atoms with Gasteiger partial charge < -0.3 is 10.4 Å². The number of carbonyl (C=O) groups is 1. The Morgan fingerprint density at radius 3 is 2.44 bits per heavy atom. The Bertz CT molecular complexity index is 579. The summed E-state index contributed by atoms with van der Waals surface area (Å²) in [6.07, 6.45) is 0. The van der Waals surface area contributed by atoms with E-state index >= 15 is 0 Å². The van der Waals surface area contributed by atoms with E-state index in [1.54, 1.807) is 0 Å². The maximum absolute atomic E-state index is 13.1. The van der Waals surface area contributed by atoms with Gasteiger partial charge in [0.1, 0.15) is 5.82 Å². The SMILES string of the molecule is Cc1ccc(Nc2cc(F)ccc2C(=O)O)cc1. The maximum Gasteiger partial charge on any atom is 0.337 e. The van der Waals surface area contributed by atoms with E-state index in [1.165, 1.54) is 12.1 Å². The van der Waals surface area contributed by atoms with Crippen molar-refractivity contribution in [3.63, 3.8) is 0 Å². The predicted octanol–water partition coefficient (Wildman–Crippen LogP) is 3.58. The van der Waals surface area contributed by atoms with Gasteiger partial charge in [-0.15, -0.1) is 0 Å². The van der Waals surface area contributed by atoms with Crippen LogP contribution in [0.4, 0.5) is 15.8 Å². The molecule has 3 nitrogen and oxygen atoms in total. The van der Waals surface area contributed by atoms with Gasteiger partial charge in [0.2, 0.25) is 0 Å². The van der Waals surface area contributed by atoms with Crippen molar-refractivity contribution in [1.29, 1.82) is 0 Å². The van der Waals surface area contributed by atoms with Crippen molar-refractivity contribution in [2.75, 3.05) is 5.32 Å². The van der Waals surface area contributed by atoms with Crippen molar-refractivity contribution in [3.05, 3.63) is 59.4 Å². The second-order valence-corrected chi connectivity index (χ2v) is 3.99. The van der Waals surface area contributed by atoms with Crippen LogP contribution in [-0.2, 0) is 0 Å². The first-order valence-corrected chi connectivity index (χ1v) is 5.43. The minimum absolute atomic E-state index is 0.0389. The average molecular weight is 245 g/mol. The monoisotopic (exact) mass is 245 g/mol. The number of aryl methyl sites for hydroxylation is 1. The highest BCUT2D eigenvalue weighted by Crippen LogP contribution is 2.22. The quantitative estimate of drug-likeness (QED) is 0.869. The van der Waals surface area contributed by atoms with E-state index in [0.29, 0.717) is 5.69 Å². The van der Waals surface area contributed by atoms with Gasteiger partial charge in [-0.05, 0) is 37.3 Å². The molecular formula is C14H12FNO2. The summed E-state index contributed by atoms with van der Waals surface area (Å²) in [5.74, 6) is -1.57. The number of rotatable bonds is 3. The maximum atomic E-state index is 13.1. The Morgan fingerprint density at radius 2 is 1.83 bits per heavy atom. The molecule has 0 bridgehead atoms. The number of benzene rings is 2. The number of carboxylic acids is 1. The van der Waals surface area contributed by atoms with Gasteiger partial charge in [-0.1, -0.05) is 17.7 Å². The largest absolute Gasteiger partial charge is 0.478 e. The third kappa shape index (κ3) is 2.66. The molecule has 0 spiro atoms. The van der Waals surface area contributed by atoms with Gasteiger partial charge in [-0.25, -0.2) is 9.18 Å². The van der Waals surface area contributed by atoms with E-state index in [2.05, 4.69) is 5.32 Å². The number of anilines is 2. The van der Waals surface area contributed by atoms with Crippen molar-refractivity contribution in [1.82, 2.24) is 0 Å². The zero-order valence-electron chi connectivity index (χ0n) is 9.77. The second-order valence-electron chi connectivity index (χ2n) is 3.99. The van der Waals surface area contributed by atoms with E-state index in [1.807, 2.05) is 31.2 Å². The van der Waals surface area contributed by atoms with Crippen LogP contribution in [-0.4, -0.2) is 11.1 Å². The van der Waals surface area contributed by atoms with Crippen LogP contribution in [0.1, 0.15) is 15.9 Å². The van der Waals surface area contributed by atoms with Gasteiger partial charge >= 0.3 is 5.97 Å². The molecule has 0 unspecified atom stereocenters. The van der Waals surface area contributed by atoms with Crippen molar-refractivity contribution in [3.8, 4) is 0 Å². The number of hydrogen-bond acceptors (Lipinski definition) is 2. The summed E-state index contributed by atoms with van der Waals surface area (Å²) in [6.45, 7) is 1.95. The standard InChI is InChI=1S/C14H12FNO2/c1-9-2-5-11(6-3-9)16-13-8-10(15)4-7-12(13)14(17)18/h2-8,16H,1H3,(H,17,18). The molecule has 0 aromatic heterocycles. The molecule has 0 fully saturated rings. The molecule has 0 heterocycles. The van der Waals surface area contributed by atoms with Gasteiger partial charge in [0.25, 0.3) is 0 Å². The number of halogens is 1. The van der Waals surface area contributed by atoms with Crippen LogP contribution in [0, 0.1) is 12.7 Å². The van der Waals surface area contributed by atoms with E-state index < -0.39 is 11.8 Å². The predicted molar refractivity (Wildman–Crippen MR) is 67.8 cm³/mol. The highest BCUT2D eigenvalue weighted by atomic mass is 19.1. The first-order valence-electron chi connectivity index (χ1n) is 5.43. The molecule has 0 aliphatic heterocycles. The summed E-state index contributed by atoms with van der Waals surface area (Å²) in [4.78, 5) is 11.0. The third-order valence-corrected chi connectivity index (χ3v) is 2.54. The van der Waals surface area contributed by atoms with Crippen molar-refractivity contribution in [2.24, 2.45) is 0 Å². The molecule has 2 aromatic carbocycles. The zero-order chi connectivity index (χ0) is 13.1. The lowest BCUT2D eigenvalue weighted by Crippen LogP contribution is -2.03. The summed E-state index contributed by atoms with van der Waals surface area (Å²) < 4.78 is 13.1. The first kappa shape index (κ1) is 12.1. The summed E-state index contributed by atoms with van der Waals surface area (Å²) in [7, 11) is 0. The van der Waals surface area contributed by atoms with Crippen LogP contribution in [0.3, 0.4) is 0 Å². The molecule has 2 aromatic rings. The number of hydrogen-bond donors (Lipinski definition) is 2. The first-order chi connectivity index (χ1) is 8.56. The Labute approximate surface area is 104 Å². The average Bonchev–Trinajstić information content (AvgIpc) is 2.32. The Hall–Kier alpha value is -2.36. The van der Waals surface area contributed by atoms with E-state index in [-0.39, 0.29) is 11.3 Å². The summed E-state index contributed by atoms with van der Waals surface area (Å²) in [5.41, 5.74) is 2.09. The van der Waals surface area contributed by atoms with Crippen LogP contribution in [0.25, 0.3) is 0 Å². The van der Waals surface area contributed by atoms with Gasteiger partial charge in [-0.2, -0.15) is 0 Å². The fraction of sp³-hybridized carbons (Fsp3) is 0.0714. The molecule has 0 aliphatic carbocycles. The number of carboxylic acid groups (broad SMARTS) is 1. The van der Waals surface area contributed by atoms with E-state index in [0.717, 1.165) is 11.6 Å². The number of nitrogens with one attached hydrogen (secondary N) is 1. The molecule has 0 atom stereocenters. The van der Waals surface area contributed by atoms with Crippen LogP contribution in [0.2, 0.25) is 0 Å². The lowest BCUT2D eigenvalue weighted by molar-refractivity contribution is 0.0698. The fourth-order valence-electron chi connectivity index (χ4n) is 1.60. The molecule has 4 heteroatoms. The summed E-state index contributed by atoms with van der Waals surface area (Å²) >= 11 is 0. The molecular weight excluding hydrogens is 233 g/mol. The van der Waals surface area contributed by atoms with E-state index in [4.69, 9.17) is 5.11 Å². The Morgan fingerprint density at radius 1 is 1.17 bits per heavy atom. The van der Waals surface area contributed by atoms with Crippen molar-refractivity contribution >= 4 is 17.3 Å². The number of aromatic carboxylic acids is 1. The molecule has 2 N–H and O–H groups in total. The lowest BCUT2D eigenvalue weighted by atomic mass is 10.1. The van der Waals surface area contributed by atoms with Gasteiger partial charge in [-0.3, -0.25) is 0 Å². The van der Waals surface area contributed by atoms with E-state index in [9.17, 15) is 9.18 Å². The molecule has 92 valence electrons. The van der Waals surface area contributed by atoms with Gasteiger partial charge in [0.15, 0.2) is 0 Å². The fourth-order valence-corrected chi connectivity index (χ4v) is 1.60. The van der Waals surface area contributed by atoms with Crippen LogP contribution >= 0.6 is 0 Å². The molecule has 0 saturated carbocycles.